The summed E-state index contributed by atoms with van der Waals surface area (Å²) in [5.74, 6) is 0.289. The van der Waals surface area contributed by atoms with E-state index in [2.05, 4.69) is 25.7 Å². The van der Waals surface area contributed by atoms with Crippen LogP contribution in [0.15, 0.2) is 48.5 Å². The molecule has 274 valence electrons. The third kappa shape index (κ3) is 11.9. The van der Waals surface area contributed by atoms with Gasteiger partial charge in [-0.15, -0.1) is 0 Å². The van der Waals surface area contributed by atoms with Gasteiger partial charge in [0.2, 0.25) is 23.7 Å². The monoisotopic (exact) mass is 693 g/mol. The molecule has 0 fully saturated rings. The minimum atomic E-state index is -0.539. The highest BCUT2D eigenvalue weighted by atomic mass is 19.1. The molecule has 9 nitrogen and oxygen atoms in total. The fraction of sp³-hybridized carbons (Fsp3) is 0.487. The van der Waals surface area contributed by atoms with E-state index >= 15 is 0 Å². The van der Waals surface area contributed by atoms with E-state index in [1.54, 1.807) is 9.80 Å². The van der Waals surface area contributed by atoms with Crippen LogP contribution in [-0.2, 0) is 22.7 Å². The second-order valence-electron chi connectivity index (χ2n) is 12.7. The Morgan fingerprint density at radius 2 is 0.940 bits per heavy atom. The third-order valence-electron chi connectivity index (χ3n) is 7.61. The van der Waals surface area contributed by atoms with Crippen LogP contribution >= 0.6 is 0 Å². The summed E-state index contributed by atoms with van der Waals surface area (Å²) in [6, 6.07) is 14.8. The number of amides is 2. The van der Waals surface area contributed by atoms with Crippen LogP contribution in [-0.4, -0.2) is 61.7 Å². The Balaban J connectivity index is 0.00000209. The van der Waals surface area contributed by atoms with Gasteiger partial charge in [0.1, 0.15) is 23.0 Å². The van der Waals surface area contributed by atoms with Gasteiger partial charge in [0, 0.05) is 37.1 Å². The Bertz CT molecular complexity index is 1480. The van der Waals surface area contributed by atoms with E-state index in [1.165, 1.54) is 7.05 Å². The zero-order valence-corrected chi connectivity index (χ0v) is 31.4. The van der Waals surface area contributed by atoms with Gasteiger partial charge in [-0.05, 0) is 42.9 Å². The van der Waals surface area contributed by atoms with E-state index in [0.717, 1.165) is 24.0 Å². The molecule has 2 aromatic heterocycles. The number of halogens is 2. The van der Waals surface area contributed by atoms with Crippen molar-refractivity contribution in [3.8, 4) is 33.6 Å². The molecule has 0 atom stereocenters. The summed E-state index contributed by atoms with van der Waals surface area (Å²) in [6.07, 6.45) is 2.49. The highest BCUT2D eigenvalue weighted by Crippen LogP contribution is 2.29. The van der Waals surface area contributed by atoms with Crippen LogP contribution in [0.1, 0.15) is 92.7 Å². The van der Waals surface area contributed by atoms with Crippen LogP contribution in [0.5, 0.6) is 0 Å². The van der Waals surface area contributed by atoms with Crippen LogP contribution in [0.2, 0.25) is 0 Å². The minimum absolute atomic E-state index is 0.0354. The second kappa shape index (κ2) is 21.0. The van der Waals surface area contributed by atoms with Crippen molar-refractivity contribution in [2.45, 2.75) is 94.2 Å². The summed E-state index contributed by atoms with van der Waals surface area (Å²) in [7, 11) is 1.50. The Labute approximate surface area is 297 Å². The zero-order valence-electron chi connectivity index (χ0n) is 31.4. The average Bonchev–Trinajstić information content (AvgIpc) is 3.66. The Kier molecular flexibility index (Phi) is 17.5. The smallest absolute Gasteiger partial charge is 0.223 e. The predicted molar refractivity (Wildman–Crippen MR) is 199 cm³/mol. The summed E-state index contributed by atoms with van der Waals surface area (Å²) in [5.41, 5.74) is 7.96. The molecule has 50 heavy (non-hydrogen) atoms. The van der Waals surface area contributed by atoms with Crippen LogP contribution in [0.25, 0.3) is 33.6 Å². The van der Waals surface area contributed by atoms with Crippen LogP contribution < -0.4 is 5.73 Å². The second-order valence-corrected chi connectivity index (χ2v) is 12.7. The first kappa shape index (κ1) is 41.8. The number of rotatable bonds is 15. The number of carbonyl (C=O) groups is 2. The molecule has 0 aliphatic rings. The first-order valence-corrected chi connectivity index (χ1v) is 17.8. The van der Waals surface area contributed by atoms with Gasteiger partial charge in [0.05, 0.1) is 13.1 Å². The Morgan fingerprint density at radius 3 is 1.22 bits per heavy atom. The molecule has 2 heterocycles. The van der Waals surface area contributed by atoms with Gasteiger partial charge in [0.15, 0.2) is 0 Å². The van der Waals surface area contributed by atoms with Gasteiger partial charge < -0.3 is 25.5 Å². The molecule has 4 rings (SSSR count). The Hall–Kier alpha value is -4.38. The fourth-order valence-electron chi connectivity index (χ4n) is 5.41. The van der Waals surface area contributed by atoms with Gasteiger partial charge in [-0.2, -0.15) is 8.78 Å². The van der Waals surface area contributed by atoms with Crippen molar-refractivity contribution in [1.82, 2.24) is 29.7 Å². The van der Waals surface area contributed by atoms with E-state index < -0.39 is 11.9 Å². The number of aromatic nitrogens is 4. The lowest BCUT2D eigenvalue weighted by molar-refractivity contribution is -0.133. The molecule has 0 aliphatic heterocycles. The topological polar surface area (TPSA) is 124 Å². The average molecular weight is 694 g/mol. The van der Waals surface area contributed by atoms with Gasteiger partial charge in [-0.1, -0.05) is 104 Å². The number of hydrogen-bond acceptors (Lipinski definition) is 5. The van der Waals surface area contributed by atoms with E-state index in [9.17, 15) is 18.4 Å². The van der Waals surface area contributed by atoms with Crippen molar-refractivity contribution in [1.29, 1.82) is 0 Å². The van der Waals surface area contributed by atoms with Crippen LogP contribution in [0.3, 0.4) is 0 Å². The lowest BCUT2D eigenvalue weighted by Crippen LogP contribution is -2.32. The van der Waals surface area contributed by atoms with Gasteiger partial charge in [-0.25, -0.2) is 9.97 Å². The number of nitrogens with two attached hydrogens (primary N) is 1. The minimum Gasteiger partial charge on any atom is -0.335 e. The van der Waals surface area contributed by atoms with Crippen molar-refractivity contribution in [3.63, 3.8) is 0 Å². The van der Waals surface area contributed by atoms with Crippen LogP contribution in [0.4, 0.5) is 8.78 Å². The molecule has 0 unspecified atom stereocenters. The summed E-state index contributed by atoms with van der Waals surface area (Å²) in [5, 5.41) is 0. The largest absolute Gasteiger partial charge is 0.335 e. The normalized spacial score (nSPS) is 10.8. The summed E-state index contributed by atoms with van der Waals surface area (Å²) < 4.78 is 29.8. The van der Waals surface area contributed by atoms with Crippen molar-refractivity contribution in [2.24, 2.45) is 17.6 Å². The van der Waals surface area contributed by atoms with E-state index in [0.29, 0.717) is 48.7 Å². The number of carbonyl (C=O) groups excluding carboxylic acids is 2. The molecule has 0 bridgehead atoms. The quantitative estimate of drug-likeness (QED) is 0.115. The molecule has 2 amide bonds. The molecule has 0 saturated heterocycles. The van der Waals surface area contributed by atoms with E-state index in [4.69, 9.17) is 0 Å². The summed E-state index contributed by atoms with van der Waals surface area (Å²) in [6.45, 7) is 17.6. The molecule has 2 aromatic carbocycles. The first-order valence-electron chi connectivity index (χ1n) is 17.8. The number of imidazole rings is 2. The molecular formula is C39H57F2N7O2. The molecule has 11 heteroatoms. The lowest BCUT2D eigenvalue weighted by atomic mass is 10.0. The van der Waals surface area contributed by atoms with Crippen molar-refractivity contribution in [2.75, 3.05) is 20.1 Å². The molecule has 0 radical (unpaired) electrons. The maximum absolute atomic E-state index is 14.9. The number of nitrogens with zero attached hydrogens (tertiary/aromatic N) is 4. The van der Waals surface area contributed by atoms with E-state index in [1.807, 2.05) is 104 Å². The SMILES string of the molecule is CC.CCCN(Cc1nc(-c2ccc(-c3ccc(-c4nc(CN(CCC)C(=O)CC(C)C)[nH]c4F)cc3)cc2)c(F)[nH]1)C(=O)CC(C)C.CN. The Morgan fingerprint density at radius 1 is 0.640 bits per heavy atom. The van der Waals surface area contributed by atoms with Crippen molar-refractivity contribution in [3.05, 3.63) is 72.1 Å². The maximum atomic E-state index is 14.9. The van der Waals surface area contributed by atoms with Crippen molar-refractivity contribution >= 4 is 11.8 Å². The standard InChI is InChI=1S/C36H46F2N6O2.C2H6.CH5N/c1-7-17-43(31(45)19-23(3)4)21-29-39-33(35(37)41-29)27-13-9-25(10-14-27)26-11-15-28(16-12-26)34-36(38)42-30(40-34)22-44(18-8-2)32(46)20-24(5)6;2*1-2/h9-16,23-24H,7-8,17-22H2,1-6H3,(H,39,41)(H,40,42);1-2H3;2H2,1H3. The molecule has 0 spiro atoms. The predicted octanol–water partition coefficient (Wildman–Crippen LogP) is 8.58. The molecule has 4 aromatic rings. The number of H-pyrrole nitrogens is 2. The maximum Gasteiger partial charge on any atom is 0.223 e. The first-order chi connectivity index (χ1) is 24.0. The van der Waals surface area contributed by atoms with Crippen molar-refractivity contribution < 1.29 is 18.4 Å². The highest BCUT2D eigenvalue weighted by Gasteiger charge is 2.20. The molecule has 0 saturated carbocycles. The molecule has 4 N–H and O–H groups in total. The number of aromatic amines is 2. The highest BCUT2D eigenvalue weighted by molar-refractivity contribution is 5.77. The number of nitrogens with one attached hydrogen (secondary N) is 2. The van der Waals surface area contributed by atoms with Crippen LogP contribution in [0, 0.1) is 23.7 Å². The fourth-order valence-corrected chi connectivity index (χ4v) is 5.41. The zero-order chi connectivity index (χ0) is 37.4. The molecule has 0 aliphatic carbocycles. The van der Waals surface area contributed by atoms with E-state index in [-0.39, 0.29) is 48.1 Å². The van der Waals surface area contributed by atoms with Gasteiger partial charge in [-0.3, -0.25) is 9.59 Å². The summed E-state index contributed by atoms with van der Waals surface area (Å²) in [4.78, 5) is 43.2. The lowest BCUT2D eigenvalue weighted by Gasteiger charge is -2.22. The number of hydrogen-bond donors (Lipinski definition) is 3. The number of benzene rings is 2. The van der Waals surface area contributed by atoms with Gasteiger partial charge >= 0.3 is 0 Å². The van der Waals surface area contributed by atoms with Gasteiger partial charge in [0.25, 0.3) is 0 Å². The molecular weight excluding hydrogens is 636 g/mol. The third-order valence-corrected chi connectivity index (χ3v) is 7.61. The summed E-state index contributed by atoms with van der Waals surface area (Å²) >= 11 is 0.